The highest BCUT2D eigenvalue weighted by Crippen LogP contribution is 2.17. The zero-order valence-corrected chi connectivity index (χ0v) is 9.97. The van der Waals surface area contributed by atoms with Crippen molar-refractivity contribution in [2.75, 3.05) is 6.61 Å². The number of ketones is 1. The summed E-state index contributed by atoms with van der Waals surface area (Å²) in [5.41, 5.74) is 1.19. The molecule has 0 bridgehead atoms. The number of rotatable bonds is 4. The van der Waals surface area contributed by atoms with Gasteiger partial charge in [-0.2, -0.15) is 0 Å². The van der Waals surface area contributed by atoms with Gasteiger partial charge in [0.25, 0.3) is 0 Å². The van der Waals surface area contributed by atoms with Gasteiger partial charge < -0.3 is 4.74 Å². The molecule has 1 saturated carbocycles. The van der Waals surface area contributed by atoms with Crippen LogP contribution in [0.5, 0.6) is 0 Å². The molecule has 1 aromatic carbocycles. The van der Waals surface area contributed by atoms with Crippen LogP contribution in [0.3, 0.4) is 0 Å². The Morgan fingerprint density at radius 2 is 1.88 bits per heavy atom. The summed E-state index contributed by atoms with van der Waals surface area (Å²) >= 11 is 0. The van der Waals surface area contributed by atoms with E-state index in [2.05, 4.69) is 18.2 Å². The first-order valence-electron chi connectivity index (χ1n) is 6.19. The Labute approximate surface area is 102 Å². The largest absolute Gasteiger partial charge is 0.374 e. The molecule has 1 fully saturated rings. The van der Waals surface area contributed by atoms with Gasteiger partial charge >= 0.3 is 0 Å². The Hall–Kier alpha value is -1.41. The Bertz CT molecular complexity index is 371. The maximum absolute atomic E-state index is 11.1. The van der Waals surface area contributed by atoms with Crippen LogP contribution in [0.15, 0.2) is 36.4 Å². The van der Waals surface area contributed by atoms with Crippen LogP contribution in [0.1, 0.15) is 31.2 Å². The SMILES string of the molecule is O=C1CCC(OC/C=C/c2ccccc2)CC1. The summed E-state index contributed by atoms with van der Waals surface area (Å²) in [5.74, 6) is 0.379. The van der Waals surface area contributed by atoms with Crippen molar-refractivity contribution in [3.8, 4) is 0 Å². The number of hydrogen-bond donors (Lipinski definition) is 0. The van der Waals surface area contributed by atoms with E-state index in [9.17, 15) is 4.79 Å². The fraction of sp³-hybridized carbons (Fsp3) is 0.400. The lowest BCUT2D eigenvalue weighted by molar-refractivity contribution is -0.122. The quantitative estimate of drug-likeness (QED) is 0.793. The van der Waals surface area contributed by atoms with E-state index in [1.807, 2.05) is 24.3 Å². The zero-order chi connectivity index (χ0) is 11.9. The van der Waals surface area contributed by atoms with Gasteiger partial charge in [0.05, 0.1) is 12.7 Å². The van der Waals surface area contributed by atoms with Crippen LogP contribution in [0.2, 0.25) is 0 Å². The topological polar surface area (TPSA) is 26.3 Å². The number of carbonyl (C=O) groups excluding carboxylic acids is 1. The van der Waals surface area contributed by atoms with Crippen LogP contribution < -0.4 is 0 Å². The third-order valence-corrected chi connectivity index (χ3v) is 3.03. The van der Waals surface area contributed by atoms with Crippen molar-refractivity contribution < 1.29 is 9.53 Å². The zero-order valence-electron chi connectivity index (χ0n) is 9.97. The number of Topliss-reactive ketones (excluding diaryl/α,β-unsaturated/α-hetero) is 1. The summed E-state index contributed by atoms with van der Waals surface area (Å²) in [5, 5.41) is 0. The predicted octanol–water partition coefficient (Wildman–Crippen LogP) is 3.23. The van der Waals surface area contributed by atoms with Crippen molar-refractivity contribution in [3.05, 3.63) is 42.0 Å². The molecule has 1 aliphatic rings. The molecule has 0 aromatic heterocycles. The first kappa shape index (κ1) is 12.1. The molecule has 2 heteroatoms. The fourth-order valence-corrected chi connectivity index (χ4v) is 2.02. The smallest absolute Gasteiger partial charge is 0.133 e. The van der Waals surface area contributed by atoms with Gasteiger partial charge in [-0.05, 0) is 18.4 Å². The van der Waals surface area contributed by atoms with Gasteiger partial charge in [0.15, 0.2) is 0 Å². The van der Waals surface area contributed by atoms with Crippen molar-refractivity contribution in [2.45, 2.75) is 31.8 Å². The first-order valence-corrected chi connectivity index (χ1v) is 6.19. The molecule has 17 heavy (non-hydrogen) atoms. The second-order valence-electron chi connectivity index (χ2n) is 4.38. The van der Waals surface area contributed by atoms with Crippen molar-refractivity contribution in [1.82, 2.24) is 0 Å². The molecule has 0 aliphatic heterocycles. The maximum Gasteiger partial charge on any atom is 0.133 e. The number of benzene rings is 1. The molecule has 0 N–H and O–H groups in total. The second-order valence-corrected chi connectivity index (χ2v) is 4.38. The molecule has 0 amide bonds. The normalized spacial score (nSPS) is 17.8. The van der Waals surface area contributed by atoms with Gasteiger partial charge in [0, 0.05) is 12.8 Å². The molecule has 0 unspecified atom stereocenters. The van der Waals surface area contributed by atoms with E-state index in [1.54, 1.807) is 0 Å². The molecule has 0 heterocycles. The molecule has 2 nitrogen and oxygen atoms in total. The van der Waals surface area contributed by atoms with Crippen LogP contribution >= 0.6 is 0 Å². The van der Waals surface area contributed by atoms with E-state index in [-0.39, 0.29) is 6.10 Å². The summed E-state index contributed by atoms with van der Waals surface area (Å²) in [6.45, 7) is 0.633. The highest BCUT2D eigenvalue weighted by molar-refractivity contribution is 5.79. The predicted molar refractivity (Wildman–Crippen MR) is 68.7 cm³/mol. The highest BCUT2D eigenvalue weighted by atomic mass is 16.5. The molecule has 1 aliphatic carbocycles. The highest BCUT2D eigenvalue weighted by Gasteiger charge is 2.18. The Morgan fingerprint density at radius 3 is 2.59 bits per heavy atom. The average Bonchev–Trinajstić information content (AvgIpc) is 2.38. The molecule has 0 atom stereocenters. The summed E-state index contributed by atoms with van der Waals surface area (Å²) in [6, 6.07) is 10.2. The van der Waals surface area contributed by atoms with Crippen LogP contribution in [-0.4, -0.2) is 18.5 Å². The molecular weight excluding hydrogens is 212 g/mol. The first-order chi connectivity index (χ1) is 8.34. The van der Waals surface area contributed by atoms with E-state index in [0.29, 0.717) is 25.2 Å². The van der Waals surface area contributed by atoms with E-state index >= 15 is 0 Å². The molecule has 90 valence electrons. The van der Waals surface area contributed by atoms with Gasteiger partial charge in [-0.1, -0.05) is 42.5 Å². The summed E-state index contributed by atoms with van der Waals surface area (Å²) in [4.78, 5) is 11.1. The molecule has 2 rings (SSSR count). The van der Waals surface area contributed by atoms with Gasteiger partial charge in [0.2, 0.25) is 0 Å². The van der Waals surface area contributed by atoms with E-state index in [4.69, 9.17) is 4.74 Å². The third-order valence-electron chi connectivity index (χ3n) is 3.03. The van der Waals surface area contributed by atoms with Crippen molar-refractivity contribution >= 4 is 11.9 Å². The van der Waals surface area contributed by atoms with Gasteiger partial charge in [0.1, 0.15) is 5.78 Å². The molecule has 0 saturated heterocycles. The van der Waals surface area contributed by atoms with Crippen molar-refractivity contribution in [3.63, 3.8) is 0 Å². The molecule has 0 radical (unpaired) electrons. The summed E-state index contributed by atoms with van der Waals surface area (Å²) in [6.07, 6.45) is 7.52. The van der Waals surface area contributed by atoms with Crippen LogP contribution in [0, 0.1) is 0 Å². The fourth-order valence-electron chi connectivity index (χ4n) is 2.02. The Morgan fingerprint density at radius 1 is 1.18 bits per heavy atom. The minimum atomic E-state index is 0.271. The maximum atomic E-state index is 11.1. The lowest BCUT2D eigenvalue weighted by Gasteiger charge is -2.20. The van der Waals surface area contributed by atoms with E-state index < -0.39 is 0 Å². The Balaban J connectivity index is 1.69. The van der Waals surface area contributed by atoms with E-state index in [1.165, 1.54) is 5.56 Å². The number of carbonyl (C=O) groups is 1. The van der Waals surface area contributed by atoms with Crippen molar-refractivity contribution in [1.29, 1.82) is 0 Å². The van der Waals surface area contributed by atoms with Crippen LogP contribution in [-0.2, 0) is 9.53 Å². The van der Waals surface area contributed by atoms with Crippen LogP contribution in [0.4, 0.5) is 0 Å². The summed E-state index contributed by atoms with van der Waals surface area (Å²) < 4.78 is 5.71. The third kappa shape index (κ3) is 4.16. The molecular formula is C15H18O2. The van der Waals surface area contributed by atoms with Gasteiger partial charge in [-0.15, -0.1) is 0 Å². The standard InChI is InChI=1S/C15H18O2/c16-14-8-10-15(11-9-14)17-12-4-7-13-5-2-1-3-6-13/h1-7,15H,8-12H2/b7-4+. The minimum Gasteiger partial charge on any atom is -0.374 e. The average molecular weight is 230 g/mol. The Kier molecular flexibility index (Phi) is 4.51. The molecule has 1 aromatic rings. The van der Waals surface area contributed by atoms with E-state index in [0.717, 1.165) is 12.8 Å². The van der Waals surface area contributed by atoms with Crippen LogP contribution in [0.25, 0.3) is 6.08 Å². The molecule has 0 spiro atoms. The van der Waals surface area contributed by atoms with Gasteiger partial charge in [-0.3, -0.25) is 4.79 Å². The number of hydrogen-bond acceptors (Lipinski definition) is 2. The monoisotopic (exact) mass is 230 g/mol. The summed E-state index contributed by atoms with van der Waals surface area (Å²) in [7, 11) is 0. The number of ether oxygens (including phenoxy) is 1. The lowest BCUT2D eigenvalue weighted by atomic mass is 9.96. The minimum absolute atomic E-state index is 0.271. The lowest BCUT2D eigenvalue weighted by Crippen LogP contribution is -2.21. The van der Waals surface area contributed by atoms with Gasteiger partial charge in [-0.25, -0.2) is 0 Å². The second kappa shape index (κ2) is 6.36. The van der Waals surface area contributed by atoms with Crippen molar-refractivity contribution in [2.24, 2.45) is 0 Å².